The number of rotatable bonds is 2. The lowest BCUT2D eigenvalue weighted by atomic mass is 10.1. The van der Waals surface area contributed by atoms with E-state index < -0.39 is 35.7 Å². The maximum atomic E-state index is 12.9. The zero-order valence-corrected chi connectivity index (χ0v) is 12.0. The summed E-state index contributed by atoms with van der Waals surface area (Å²) in [5, 5.41) is 2.37. The number of methoxy groups -OCH3 is 1. The Morgan fingerprint density at radius 1 is 1.30 bits per heavy atom. The normalized spacial score (nSPS) is 22.4. The van der Waals surface area contributed by atoms with Gasteiger partial charge in [0.25, 0.3) is 6.08 Å². The Labute approximate surface area is 116 Å². The van der Waals surface area contributed by atoms with E-state index in [1.807, 2.05) is 0 Å². The molecule has 0 unspecified atom stereocenters. The highest BCUT2D eigenvalue weighted by Gasteiger charge is 2.38. The van der Waals surface area contributed by atoms with Crippen LogP contribution in [0.1, 0.15) is 33.6 Å². The van der Waals surface area contributed by atoms with E-state index in [1.54, 1.807) is 20.8 Å². The standard InChI is InChI=1S/C13H19F2NO4/c1-13(2,3)20-12(18)16-9-6-7(11(17)19-4)5-8(9)10(14)15/h7,9H,5-6H2,1-4H3,(H,16,18)/t7-,9-/m0/s1. The number of amides is 1. The van der Waals surface area contributed by atoms with Crippen molar-refractivity contribution in [3.63, 3.8) is 0 Å². The Morgan fingerprint density at radius 3 is 2.35 bits per heavy atom. The van der Waals surface area contributed by atoms with Crippen molar-refractivity contribution in [1.29, 1.82) is 0 Å². The van der Waals surface area contributed by atoms with Gasteiger partial charge in [-0.05, 0) is 33.6 Å². The zero-order chi connectivity index (χ0) is 15.5. The lowest BCUT2D eigenvalue weighted by molar-refractivity contribution is -0.145. The fraction of sp³-hybridized carbons (Fsp3) is 0.692. The van der Waals surface area contributed by atoms with Gasteiger partial charge in [0, 0.05) is 5.57 Å². The molecule has 1 amide bonds. The minimum absolute atomic E-state index is 0.0819. The Kier molecular flexibility index (Phi) is 5.08. The van der Waals surface area contributed by atoms with Gasteiger partial charge < -0.3 is 14.8 Å². The van der Waals surface area contributed by atoms with Gasteiger partial charge in [-0.2, -0.15) is 8.78 Å². The molecule has 1 rings (SSSR count). The predicted molar refractivity (Wildman–Crippen MR) is 67.1 cm³/mol. The van der Waals surface area contributed by atoms with Gasteiger partial charge in [-0.25, -0.2) is 4.79 Å². The summed E-state index contributed by atoms with van der Waals surface area (Å²) in [6, 6.07) is -0.904. The molecule has 1 aliphatic carbocycles. The first kappa shape index (κ1) is 16.4. The van der Waals surface area contributed by atoms with Crippen LogP contribution in [-0.4, -0.2) is 30.8 Å². The fourth-order valence-corrected chi connectivity index (χ4v) is 2.07. The highest BCUT2D eigenvalue weighted by Crippen LogP contribution is 2.34. The van der Waals surface area contributed by atoms with Crippen LogP contribution in [0.3, 0.4) is 0 Å². The molecule has 1 aliphatic rings. The summed E-state index contributed by atoms with van der Waals surface area (Å²) in [4.78, 5) is 23.0. The molecule has 1 fully saturated rings. The van der Waals surface area contributed by atoms with Crippen LogP contribution in [0.25, 0.3) is 0 Å². The summed E-state index contributed by atoms with van der Waals surface area (Å²) in [7, 11) is 1.20. The second kappa shape index (κ2) is 6.19. The maximum Gasteiger partial charge on any atom is 0.408 e. The lowest BCUT2D eigenvalue weighted by Crippen LogP contribution is -2.39. The first-order chi connectivity index (χ1) is 9.14. The van der Waals surface area contributed by atoms with Crippen molar-refractivity contribution in [2.45, 2.75) is 45.3 Å². The minimum Gasteiger partial charge on any atom is -0.469 e. The largest absolute Gasteiger partial charge is 0.469 e. The number of carbonyl (C=O) groups is 2. The number of carbonyl (C=O) groups excluding carboxylic acids is 2. The van der Waals surface area contributed by atoms with Crippen LogP contribution in [0.15, 0.2) is 11.7 Å². The number of esters is 1. The van der Waals surface area contributed by atoms with E-state index >= 15 is 0 Å². The highest BCUT2D eigenvalue weighted by molar-refractivity contribution is 5.74. The van der Waals surface area contributed by atoms with E-state index in [4.69, 9.17) is 4.74 Å². The Bertz CT molecular complexity index is 425. The molecule has 0 heterocycles. The first-order valence-corrected chi connectivity index (χ1v) is 6.25. The van der Waals surface area contributed by atoms with Crippen LogP contribution in [0.2, 0.25) is 0 Å². The van der Waals surface area contributed by atoms with E-state index in [0.717, 1.165) is 0 Å². The summed E-state index contributed by atoms with van der Waals surface area (Å²) in [5.41, 5.74) is -0.964. The van der Waals surface area contributed by atoms with Crippen LogP contribution < -0.4 is 5.32 Å². The molecule has 5 nitrogen and oxygen atoms in total. The van der Waals surface area contributed by atoms with E-state index in [0.29, 0.717) is 0 Å². The van der Waals surface area contributed by atoms with Gasteiger partial charge in [0.15, 0.2) is 0 Å². The van der Waals surface area contributed by atoms with E-state index in [2.05, 4.69) is 10.1 Å². The highest BCUT2D eigenvalue weighted by atomic mass is 19.3. The summed E-state index contributed by atoms with van der Waals surface area (Å²) in [5.74, 6) is -1.23. The second-order valence-corrected chi connectivity index (χ2v) is 5.64. The van der Waals surface area contributed by atoms with Crippen molar-refractivity contribution in [1.82, 2.24) is 5.32 Å². The van der Waals surface area contributed by atoms with Gasteiger partial charge in [0.2, 0.25) is 0 Å². The van der Waals surface area contributed by atoms with Gasteiger partial charge in [-0.1, -0.05) is 0 Å². The van der Waals surface area contributed by atoms with Gasteiger partial charge in [-0.15, -0.1) is 0 Å². The second-order valence-electron chi connectivity index (χ2n) is 5.64. The molecule has 2 atom stereocenters. The molecule has 0 aromatic rings. The molecule has 0 saturated heterocycles. The Balaban J connectivity index is 2.75. The first-order valence-electron chi connectivity index (χ1n) is 6.25. The van der Waals surface area contributed by atoms with Crippen LogP contribution >= 0.6 is 0 Å². The van der Waals surface area contributed by atoms with Crippen molar-refractivity contribution in [2.75, 3.05) is 7.11 Å². The Morgan fingerprint density at radius 2 is 1.90 bits per heavy atom. The monoisotopic (exact) mass is 291 g/mol. The summed E-state index contributed by atoms with van der Waals surface area (Å²) >= 11 is 0. The average molecular weight is 291 g/mol. The van der Waals surface area contributed by atoms with Crippen LogP contribution in [0, 0.1) is 5.92 Å². The molecule has 1 saturated carbocycles. The molecule has 20 heavy (non-hydrogen) atoms. The van der Waals surface area contributed by atoms with Crippen molar-refractivity contribution < 1.29 is 27.8 Å². The molecule has 0 aromatic carbocycles. The third-order valence-electron chi connectivity index (χ3n) is 2.88. The number of ether oxygens (including phenoxy) is 2. The molecule has 0 bridgehead atoms. The molecule has 0 aromatic heterocycles. The van der Waals surface area contributed by atoms with Gasteiger partial charge in [0.05, 0.1) is 19.1 Å². The van der Waals surface area contributed by atoms with Gasteiger partial charge in [-0.3, -0.25) is 4.79 Å². The predicted octanol–water partition coefficient (Wildman–Crippen LogP) is 2.61. The zero-order valence-electron chi connectivity index (χ0n) is 12.0. The maximum absolute atomic E-state index is 12.9. The summed E-state index contributed by atoms with van der Waals surface area (Å²) < 4.78 is 35.3. The molecule has 114 valence electrons. The Hall–Kier alpha value is -1.66. The SMILES string of the molecule is COC(=O)[C@H]1CC(=C(F)F)[C@@H](NC(=O)OC(C)(C)C)C1. The third-order valence-corrected chi connectivity index (χ3v) is 2.88. The molecule has 7 heteroatoms. The summed E-state index contributed by atoms with van der Waals surface area (Å²) in [6.07, 6.45) is -2.70. The topological polar surface area (TPSA) is 64.6 Å². The quantitative estimate of drug-likeness (QED) is 0.794. The van der Waals surface area contributed by atoms with Crippen molar-refractivity contribution in [3.05, 3.63) is 11.7 Å². The minimum atomic E-state index is -1.88. The summed E-state index contributed by atoms with van der Waals surface area (Å²) in [6.45, 7) is 5.01. The molecule has 1 N–H and O–H groups in total. The van der Waals surface area contributed by atoms with Crippen LogP contribution in [-0.2, 0) is 14.3 Å². The van der Waals surface area contributed by atoms with Gasteiger partial charge >= 0.3 is 12.1 Å². The van der Waals surface area contributed by atoms with Crippen molar-refractivity contribution >= 4 is 12.1 Å². The number of alkyl carbamates (subject to hydrolysis) is 1. The van der Waals surface area contributed by atoms with Crippen molar-refractivity contribution in [3.8, 4) is 0 Å². The molecule has 0 aliphatic heterocycles. The molecular formula is C13H19F2NO4. The molecular weight excluding hydrogens is 272 g/mol. The van der Waals surface area contributed by atoms with E-state index in [9.17, 15) is 18.4 Å². The lowest BCUT2D eigenvalue weighted by Gasteiger charge is -2.22. The average Bonchev–Trinajstić information content (AvgIpc) is 2.69. The molecule has 0 spiro atoms. The van der Waals surface area contributed by atoms with Gasteiger partial charge in [0.1, 0.15) is 5.60 Å². The number of hydrogen-bond acceptors (Lipinski definition) is 4. The number of nitrogens with one attached hydrogen (secondary N) is 1. The molecule has 0 radical (unpaired) electrons. The smallest absolute Gasteiger partial charge is 0.408 e. The van der Waals surface area contributed by atoms with E-state index in [1.165, 1.54) is 7.11 Å². The fourth-order valence-electron chi connectivity index (χ4n) is 2.07. The van der Waals surface area contributed by atoms with E-state index in [-0.39, 0.29) is 18.4 Å². The number of hydrogen-bond donors (Lipinski definition) is 1. The van der Waals surface area contributed by atoms with Crippen LogP contribution in [0.5, 0.6) is 0 Å². The number of halogens is 2. The van der Waals surface area contributed by atoms with Crippen LogP contribution in [0.4, 0.5) is 13.6 Å². The third kappa shape index (κ3) is 4.47. The van der Waals surface area contributed by atoms with Crippen molar-refractivity contribution in [2.24, 2.45) is 5.92 Å².